The average Bonchev–Trinajstić information content (AvgIpc) is 3.35. The number of hydrogen-bond acceptors (Lipinski definition) is 2. The Morgan fingerprint density at radius 1 is 0.429 bits per heavy atom. The van der Waals surface area contributed by atoms with Crippen LogP contribution >= 0.6 is 24.8 Å². The van der Waals surface area contributed by atoms with Crippen molar-refractivity contribution < 1.29 is 0 Å². The molecule has 6 heteroatoms. The van der Waals surface area contributed by atoms with E-state index in [1.807, 2.05) is 25.0 Å². The van der Waals surface area contributed by atoms with E-state index in [-0.39, 0.29) is 24.8 Å². The molecule has 2 aromatic heterocycles. The molecular weight excluding hydrogens is 391 g/mol. The van der Waals surface area contributed by atoms with Gasteiger partial charge in [0, 0.05) is 37.9 Å². The summed E-state index contributed by atoms with van der Waals surface area (Å²) in [6.45, 7) is 2.26. The predicted molar refractivity (Wildman–Crippen MR) is 124 cm³/mol. The zero-order chi connectivity index (χ0) is 18.1. The van der Waals surface area contributed by atoms with Crippen LogP contribution in [0, 0.1) is 0 Å². The Labute approximate surface area is 184 Å². The Morgan fingerprint density at radius 2 is 0.714 bits per heavy atom. The van der Waals surface area contributed by atoms with Crippen LogP contribution in [0.2, 0.25) is 0 Å². The topological polar surface area (TPSA) is 35.6 Å². The molecule has 0 bridgehead atoms. The van der Waals surface area contributed by atoms with Gasteiger partial charge in [0.25, 0.3) is 0 Å². The Hall–Kier alpha value is -1.00. The molecule has 0 aliphatic rings. The van der Waals surface area contributed by atoms with Gasteiger partial charge in [-0.05, 0) is 12.8 Å². The Bertz CT molecular complexity index is 466. The lowest BCUT2D eigenvalue weighted by Crippen LogP contribution is -1.94. The third-order valence-corrected chi connectivity index (χ3v) is 5.20. The predicted octanol–water partition coefficient (Wildman–Crippen LogP) is 7.08. The number of nitrogens with zero attached hydrogens (tertiary/aromatic N) is 4. The van der Waals surface area contributed by atoms with Gasteiger partial charge in [0.2, 0.25) is 0 Å². The maximum Gasteiger partial charge on any atom is 0.0945 e. The summed E-state index contributed by atoms with van der Waals surface area (Å²) in [7, 11) is 0. The van der Waals surface area contributed by atoms with Crippen molar-refractivity contribution in [1.29, 1.82) is 0 Å². The lowest BCUT2D eigenvalue weighted by atomic mass is 10.0. The molecule has 2 heterocycles. The van der Waals surface area contributed by atoms with Crippen LogP contribution in [-0.4, -0.2) is 19.1 Å². The van der Waals surface area contributed by atoms with Gasteiger partial charge in [-0.2, -0.15) is 0 Å². The zero-order valence-corrected chi connectivity index (χ0v) is 19.0. The van der Waals surface area contributed by atoms with Gasteiger partial charge < -0.3 is 9.13 Å². The molecule has 0 amide bonds. The van der Waals surface area contributed by atoms with Gasteiger partial charge in [0.1, 0.15) is 0 Å². The van der Waals surface area contributed by atoms with Crippen LogP contribution in [0.4, 0.5) is 0 Å². The van der Waals surface area contributed by atoms with E-state index in [9.17, 15) is 0 Å². The second kappa shape index (κ2) is 19.3. The van der Waals surface area contributed by atoms with Gasteiger partial charge in [0.15, 0.2) is 0 Å². The van der Waals surface area contributed by atoms with Gasteiger partial charge in [-0.25, -0.2) is 9.97 Å². The summed E-state index contributed by atoms with van der Waals surface area (Å²) in [5.41, 5.74) is 0. The first-order chi connectivity index (χ1) is 12.9. The van der Waals surface area contributed by atoms with Crippen LogP contribution in [-0.2, 0) is 13.1 Å². The minimum atomic E-state index is 0. The molecule has 0 saturated heterocycles. The van der Waals surface area contributed by atoms with Crippen molar-refractivity contribution in [3.8, 4) is 0 Å². The molecule has 2 aromatic rings. The molecule has 0 spiro atoms. The third kappa shape index (κ3) is 14.1. The standard InChI is InChI=1S/C22H38N4.2ClH/c1(3-5-7-9-11-13-17-25-19-15-23-21-25)2-4-6-8-10-12-14-18-26-20-16-24-22-26;;/h15-16,19-22H,1-14,17-18H2;2*1H. The van der Waals surface area contributed by atoms with E-state index in [0.29, 0.717) is 0 Å². The summed E-state index contributed by atoms with van der Waals surface area (Å²) in [6, 6.07) is 0. The van der Waals surface area contributed by atoms with Gasteiger partial charge >= 0.3 is 0 Å². The molecule has 28 heavy (non-hydrogen) atoms. The van der Waals surface area contributed by atoms with E-state index in [1.54, 1.807) is 0 Å². The number of imidazole rings is 2. The number of aryl methyl sites for hydroxylation is 2. The summed E-state index contributed by atoms with van der Waals surface area (Å²) >= 11 is 0. The van der Waals surface area contributed by atoms with Crippen LogP contribution in [0.15, 0.2) is 37.4 Å². The van der Waals surface area contributed by atoms with Crippen molar-refractivity contribution in [3.63, 3.8) is 0 Å². The number of halogens is 2. The second-order valence-corrected chi connectivity index (χ2v) is 7.55. The van der Waals surface area contributed by atoms with Gasteiger partial charge in [-0.3, -0.25) is 0 Å². The van der Waals surface area contributed by atoms with Crippen LogP contribution in [0.25, 0.3) is 0 Å². The molecule has 0 N–H and O–H groups in total. The highest BCUT2D eigenvalue weighted by Gasteiger charge is 1.96. The second-order valence-electron chi connectivity index (χ2n) is 7.55. The van der Waals surface area contributed by atoms with Crippen molar-refractivity contribution in [3.05, 3.63) is 37.4 Å². The van der Waals surface area contributed by atoms with Crippen molar-refractivity contribution in [2.24, 2.45) is 0 Å². The minimum Gasteiger partial charge on any atom is -0.337 e. The summed E-state index contributed by atoms with van der Waals surface area (Å²) < 4.78 is 4.36. The molecule has 0 atom stereocenters. The average molecular weight is 431 g/mol. The molecule has 0 unspecified atom stereocenters. The van der Waals surface area contributed by atoms with Gasteiger partial charge in [0.05, 0.1) is 12.7 Å². The van der Waals surface area contributed by atoms with Crippen LogP contribution in [0.1, 0.15) is 89.9 Å². The summed E-state index contributed by atoms with van der Waals surface area (Å²) in [5, 5.41) is 0. The van der Waals surface area contributed by atoms with E-state index in [0.717, 1.165) is 13.1 Å². The third-order valence-electron chi connectivity index (χ3n) is 5.20. The Morgan fingerprint density at radius 3 is 0.964 bits per heavy atom. The maximum absolute atomic E-state index is 4.08. The highest BCUT2D eigenvalue weighted by atomic mass is 35.5. The molecule has 2 rings (SSSR count). The van der Waals surface area contributed by atoms with E-state index >= 15 is 0 Å². The quantitative estimate of drug-likeness (QED) is 0.251. The summed E-state index contributed by atoms with van der Waals surface area (Å²) in [6.07, 6.45) is 31.2. The fourth-order valence-corrected chi connectivity index (χ4v) is 3.55. The molecule has 4 nitrogen and oxygen atoms in total. The fraction of sp³-hybridized carbons (Fsp3) is 0.727. The van der Waals surface area contributed by atoms with Crippen molar-refractivity contribution >= 4 is 24.8 Å². The largest absolute Gasteiger partial charge is 0.337 e. The van der Waals surface area contributed by atoms with Crippen molar-refractivity contribution in [2.45, 2.75) is 103 Å². The van der Waals surface area contributed by atoms with Crippen LogP contribution in [0.5, 0.6) is 0 Å². The van der Waals surface area contributed by atoms with Gasteiger partial charge in [-0.15, -0.1) is 24.8 Å². The van der Waals surface area contributed by atoms with E-state index < -0.39 is 0 Å². The molecule has 0 radical (unpaired) electrons. The maximum atomic E-state index is 4.08. The molecule has 0 aliphatic heterocycles. The zero-order valence-electron chi connectivity index (χ0n) is 17.4. The van der Waals surface area contributed by atoms with Crippen molar-refractivity contribution in [2.75, 3.05) is 0 Å². The van der Waals surface area contributed by atoms with E-state index in [4.69, 9.17) is 0 Å². The van der Waals surface area contributed by atoms with E-state index in [1.165, 1.54) is 89.9 Å². The molecule has 0 saturated carbocycles. The summed E-state index contributed by atoms with van der Waals surface area (Å²) in [4.78, 5) is 8.16. The highest BCUT2D eigenvalue weighted by molar-refractivity contribution is 5.85. The fourth-order valence-electron chi connectivity index (χ4n) is 3.55. The molecule has 0 aliphatic carbocycles. The number of unbranched alkanes of at least 4 members (excludes halogenated alkanes) is 13. The highest BCUT2D eigenvalue weighted by Crippen LogP contribution is 2.13. The lowest BCUT2D eigenvalue weighted by Gasteiger charge is -2.04. The molecular formula is C22H40Cl2N4. The number of hydrogen-bond donors (Lipinski definition) is 0. The molecule has 162 valence electrons. The lowest BCUT2D eigenvalue weighted by molar-refractivity contribution is 0.517. The molecule has 0 fully saturated rings. The first kappa shape index (κ1) is 27.0. The first-order valence-electron chi connectivity index (χ1n) is 10.9. The normalized spacial score (nSPS) is 10.4. The minimum absolute atomic E-state index is 0. The number of rotatable bonds is 17. The monoisotopic (exact) mass is 430 g/mol. The Kier molecular flexibility index (Phi) is 18.6. The molecule has 0 aromatic carbocycles. The SMILES string of the molecule is Cl.Cl.c1cn(CCCCCCCCCCCCCCCCn2ccnc2)cn1. The summed E-state index contributed by atoms with van der Waals surface area (Å²) in [5.74, 6) is 0. The number of aromatic nitrogens is 4. The first-order valence-corrected chi connectivity index (χ1v) is 10.9. The smallest absolute Gasteiger partial charge is 0.0945 e. The van der Waals surface area contributed by atoms with Crippen LogP contribution < -0.4 is 0 Å². The van der Waals surface area contributed by atoms with E-state index in [2.05, 4.69) is 31.5 Å². The van der Waals surface area contributed by atoms with Crippen LogP contribution in [0.3, 0.4) is 0 Å². The van der Waals surface area contributed by atoms with Crippen molar-refractivity contribution in [1.82, 2.24) is 19.1 Å². The Balaban J connectivity index is 0.00000364. The van der Waals surface area contributed by atoms with Gasteiger partial charge in [-0.1, -0.05) is 77.0 Å².